The summed E-state index contributed by atoms with van der Waals surface area (Å²) in [5, 5.41) is 30.6. The van der Waals surface area contributed by atoms with E-state index >= 15 is 0 Å². The van der Waals surface area contributed by atoms with Crippen LogP contribution in [-0.2, 0) is 4.74 Å². The molecule has 23 heavy (non-hydrogen) atoms. The molecule has 2 N–H and O–H groups in total. The van der Waals surface area contributed by atoms with E-state index in [4.69, 9.17) is 4.74 Å². The van der Waals surface area contributed by atoms with Gasteiger partial charge in [-0.25, -0.2) is 0 Å². The molecule has 0 radical (unpaired) electrons. The molecule has 0 spiro atoms. The molecule has 0 fully saturated rings. The van der Waals surface area contributed by atoms with E-state index in [0.29, 0.717) is 18.6 Å². The van der Waals surface area contributed by atoms with Crippen molar-refractivity contribution in [3.8, 4) is 11.5 Å². The number of unbranched alkanes of at least 4 members (excludes halogenated alkanes) is 3. The van der Waals surface area contributed by atoms with Crippen LogP contribution in [0.5, 0.6) is 11.5 Å². The Hall–Kier alpha value is -1.82. The summed E-state index contributed by atoms with van der Waals surface area (Å²) in [6.45, 7) is 4.51. The lowest BCUT2D eigenvalue weighted by Crippen LogP contribution is -2.30. The van der Waals surface area contributed by atoms with E-state index < -0.39 is 12.1 Å². The third-order valence-electron chi connectivity index (χ3n) is 3.85. The third kappa shape index (κ3) is 6.06. The molecular formula is C17H27NO5. The molecule has 6 nitrogen and oxygen atoms in total. The van der Waals surface area contributed by atoms with Gasteiger partial charge in [0.1, 0.15) is 6.10 Å². The van der Waals surface area contributed by atoms with Crippen LogP contribution in [0.2, 0.25) is 0 Å². The first kappa shape index (κ1) is 19.2. The number of nitro groups is 1. The molecule has 2 atom stereocenters. The van der Waals surface area contributed by atoms with Crippen LogP contribution in [0.1, 0.15) is 64.0 Å². The molecule has 0 saturated heterocycles. The van der Waals surface area contributed by atoms with Crippen LogP contribution in [0.25, 0.3) is 0 Å². The van der Waals surface area contributed by atoms with Crippen molar-refractivity contribution in [2.75, 3.05) is 6.61 Å². The van der Waals surface area contributed by atoms with Crippen LogP contribution in [0.4, 0.5) is 0 Å². The Kier molecular flexibility index (Phi) is 8.40. The summed E-state index contributed by atoms with van der Waals surface area (Å²) in [4.78, 5) is 11.2. The quantitative estimate of drug-likeness (QED) is 0.275. The zero-order valence-corrected chi connectivity index (χ0v) is 13.9. The number of phenols is 2. The number of aromatic hydroxyl groups is 2. The van der Waals surface area contributed by atoms with Gasteiger partial charge in [0, 0.05) is 18.0 Å². The lowest BCUT2D eigenvalue weighted by atomic mass is 9.97. The van der Waals surface area contributed by atoms with E-state index in [2.05, 4.69) is 6.92 Å². The molecule has 6 heteroatoms. The van der Waals surface area contributed by atoms with Crippen LogP contribution >= 0.6 is 0 Å². The summed E-state index contributed by atoms with van der Waals surface area (Å²) in [6.07, 6.45) is 4.20. The minimum Gasteiger partial charge on any atom is -0.504 e. The van der Waals surface area contributed by atoms with Gasteiger partial charge in [-0.2, -0.15) is 0 Å². The molecule has 130 valence electrons. The summed E-state index contributed by atoms with van der Waals surface area (Å²) < 4.78 is 5.81. The van der Waals surface area contributed by atoms with Gasteiger partial charge in [0.25, 0.3) is 0 Å². The van der Waals surface area contributed by atoms with Crippen molar-refractivity contribution in [1.29, 1.82) is 0 Å². The standard InChI is InChI=1S/C17H27NO5/c1-3-5-7-11-23-17(14(18(21)22)8-6-4-2)13-9-10-15(19)16(20)12-13/h9-10,12,14,17,19-20H,3-8,11H2,1-2H3. The molecule has 1 rings (SSSR count). The minimum atomic E-state index is -0.861. The lowest BCUT2D eigenvalue weighted by Gasteiger charge is -2.22. The highest BCUT2D eigenvalue weighted by atomic mass is 16.6. The van der Waals surface area contributed by atoms with E-state index in [9.17, 15) is 20.3 Å². The molecule has 0 saturated carbocycles. The van der Waals surface area contributed by atoms with Crippen molar-refractivity contribution in [3.63, 3.8) is 0 Å². The topological polar surface area (TPSA) is 92.8 Å². The fourth-order valence-electron chi connectivity index (χ4n) is 2.49. The van der Waals surface area contributed by atoms with Gasteiger partial charge < -0.3 is 14.9 Å². The molecule has 0 aliphatic carbocycles. The van der Waals surface area contributed by atoms with Crippen LogP contribution in [-0.4, -0.2) is 27.8 Å². The molecule has 0 bridgehead atoms. The van der Waals surface area contributed by atoms with Crippen LogP contribution in [0, 0.1) is 10.1 Å². The van der Waals surface area contributed by atoms with Crippen LogP contribution in [0.15, 0.2) is 18.2 Å². The fourth-order valence-corrected chi connectivity index (χ4v) is 2.49. The summed E-state index contributed by atoms with van der Waals surface area (Å²) in [6, 6.07) is 3.40. The van der Waals surface area contributed by atoms with Gasteiger partial charge in [0.15, 0.2) is 11.5 Å². The Morgan fingerprint density at radius 1 is 1.13 bits per heavy atom. The predicted octanol–water partition coefficient (Wildman–Crippen LogP) is 4.18. The molecule has 0 aliphatic rings. The molecule has 0 aliphatic heterocycles. The summed E-state index contributed by atoms with van der Waals surface area (Å²) >= 11 is 0. The van der Waals surface area contributed by atoms with Gasteiger partial charge in [-0.05, 0) is 30.5 Å². The highest BCUT2D eigenvalue weighted by Crippen LogP contribution is 2.33. The Balaban J connectivity index is 2.97. The second-order valence-electron chi connectivity index (χ2n) is 5.74. The van der Waals surface area contributed by atoms with E-state index in [-0.39, 0.29) is 16.4 Å². The van der Waals surface area contributed by atoms with Crippen molar-refractivity contribution < 1.29 is 19.9 Å². The van der Waals surface area contributed by atoms with Crippen molar-refractivity contribution in [2.45, 2.75) is 64.5 Å². The van der Waals surface area contributed by atoms with Crippen molar-refractivity contribution in [2.24, 2.45) is 0 Å². The SMILES string of the molecule is CCCCCOC(c1ccc(O)c(O)c1)C(CCCC)[N+](=O)[O-]. The Morgan fingerprint density at radius 3 is 2.39 bits per heavy atom. The highest BCUT2D eigenvalue weighted by Gasteiger charge is 2.33. The summed E-state index contributed by atoms with van der Waals surface area (Å²) in [5.74, 6) is -0.535. The number of rotatable bonds is 11. The Morgan fingerprint density at radius 2 is 1.83 bits per heavy atom. The third-order valence-corrected chi connectivity index (χ3v) is 3.85. The first-order chi connectivity index (χ1) is 11.0. The maximum Gasteiger partial charge on any atom is 0.243 e. The van der Waals surface area contributed by atoms with E-state index in [0.717, 1.165) is 32.1 Å². The first-order valence-corrected chi connectivity index (χ1v) is 8.28. The number of phenolic OH excluding ortho intramolecular Hbond substituents is 2. The molecule has 1 aromatic carbocycles. The molecule has 0 heterocycles. The highest BCUT2D eigenvalue weighted by molar-refractivity contribution is 5.41. The molecule has 0 amide bonds. The fraction of sp³-hybridized carbons (Fsp3) is 0.647. The number of nitrogens with zero attached hydrogens (tertiary/aromatic N) is 1. The molecule has 2 unspecified atom stereocenters. The maximum atomic E-state index is 11.5. The van der Waals surface area contributed by atoms with Gasteiger partial charge in [0.2, 0.25) is 6.04 Å². The number of ether oxygens (including phenoxy) is 1. The predicted molar refractivity (Wildman–Crippen MR) is 88.3 cm³/mol. The molecule has 1 aromatic rings. The normalized spacial score (nSPS) is 13.7. The smallest absolute Gasteiger partial charge is 0.243 e. The zero-order valence-electron chi connectivity index (χ0n) is 13.9. The minimum absolute atomic E-state index is 0.246. The van der Waals surface area contributed by atoms with Gasteiger partial charge >= 0.3 is 0 Å². The van der Waals surface area contributed by atoms with Crippen molar-refractivity contribution in [3.05, 3.63) is 33.9 Å². The summed E-state index contributed by atoms with van der Waals surface area (Å²) in [7, 11) is 0. The zero-order chi connectivity index (χ0) is 17.2. The van der Waals surface area contributed by atoms with Gasteiger partial charge in [0.05, 0.1) is 0 Å². The monoisotopic (exact) mass is 325 g/mol. The largest absolute Gasteiger partial charge is 0.504 e. The number of benzene rings is 1. The average molecular weight is 325 g/mol. The maximum absolute atomic E-state index is 11.5. The molecular weight excluding hydrogens is 298 g/mol. The van der Waals surface area contributed by atoms with Gasteiger partial charge in [-0.1, -0.05) is 39.2 Å². The van der Waals surface area contributed by atoms with E-state index in [1.54, 1.807) is 6.07 Å². The van der Waals surface area contributed by atoms with E-state index in [1.807, 2.05) is 6.92 Å². The van der Waals surface area contributed by atoms with E-state index in [1.165, 1.54) is 12.1 Å². The first-order valence-electron chi connectivity index (χ1n) is 8.28. The van der Waals surface area contributed by atoms with Gasteiger partial charge in [-0.3, -0.25) is 10.1 Å². The van der Waals surface area contributed by atoms with Crippen LogP contribution < -0.4 is 0 Å². The van der Waals surface area contributed by atoms with Crippen molar-refractivity contribution in [1.82, 2.24) is 0 Å². The Labute approximate surface area is 137 Å². The molecule has 0 aromatic heterocycles. The number of hydrogen-bond donors (Lipinski definition) is 2. The van der Waals surface area contributed by atoms with Crippen LogP contribution in [0.3, 0.4) is 0 Å². The van der Waals surface area contributed by atoms with Crippen molar-refractivity contribution >= 4 is 0 Å². The van der Waals surface area contributed by atoms with Gasteiger partial charge in [-0.15, -0.1) is 0 Å². The summed E-state index contributed by atoms with van der Waals surface area (Å²) in [5.41, 5.74) is 0.523. The second-order valence-corrected chi connectivity index (χ2v) is 5.74. The Bertz CT molecular complexity index is 492. The second kappa shape index (κ2) is 10.0. The lowest BCUT2D eigenvalue weighted by molar-refractivity contribution is -0.538. The average Bonchev–Trinajstić information content (AvgIpc) is 2.52. The number of hydrogen-bond acceptors (Lipinski definition) is 5.